The van der Waals surface area contributed by atoms with Gasteiger partial charge in [0.05, 0.1) is 18.0 Å². The number of rotatable bonds is 5. The first-order valence-electron chi connectivity index (χ1n) is 11.3. The van der Waals surface area contributed by atoms with Crippen LogP contribution < -0.4 is 10.2 Å². The predicted octanol–water partition coefficient (Wildman–Crippen LogP) is 3.92. The molecular formula is C27H26N4O2. The van der Waals surface area contributed by atoms with Crippen molar-refractivity contribution >= 4 is 28.9 Å². The summed E-state index contributed by atoms with van der Waals surface area (Å²) in [5.74, 6) is -0.212. The summed E-state index contributed by atoms with van der Waals surface area (Å²) in [6, 6.07) is 23.3. The summed E-state index contributed by atoms with van der Waals surface area (Å²) < 4.78 is 0. The van der Waals surface area contributed by atoms with Crippen molar-refractivity contribution in [3.63, 3.8) is 0 Å². The molecule has 0 bridgehead atoms. The van der Waals surface area contributed by atoms with Gasteiger partial charge in [-0.2, -0.15) is 0 Å². The molecule has 1 N–H and O–H groups in total. The fraction of sp³-hybridized carbons (Fsp3) is 0.222. The maximum atomic E-state index is 13.5. The van der Waals surface area contributed by atoms with E-state index in [1.807, 2.05) is 36.1 Å². The van der Waals surface area contributed by atoms with Gasteiger partial charge in [0, 0.05) is 30.8 Å². The Morgan fingerprint density at radius 1 is 0.970 bits per heavy atom. The molecule has 3 aromatic rings. The summed E-state index contributed by atoms with van der Waals surface area (Å²) in [5, 5.41) is 2.79. The lowest BCUT2D eigenvalue weighted by Crippen LogP contribution is -2.43. The van der Waals surface area contributed by atoms with Crippen molar-refractivity contribution in [3.05, 3.63) is 95.1 Å². The van der Waals surface area contributed by atoms with Crippen LogP contribution in [-0.4, -0.2) is 42.2 Å². The highest BCUT2D eigenvalue weighted by atomic mass is 16.2. The van der Waals surface area contributed by atoms with Gasteiger partial charge in [-0.15, -0.1) is 0 Å². The fourth-order valence-corrected chi connectivity index (χ4v) is 4.46. The third kappa shape index (κ3) is 4.17. The molecule has 0 saturated carbocycles. The van der Waals surface area contributed by atoms with Crippen molar-refractivity contribution < 1.29 is 9.59 Å². The van der Waals surface area contributed by atoms with E-state index in [0.717, 1.165) is 30.8 Å². The minimum atomic E-state index is -0.117. The van der Waals surface area contributed by atoms with Gasteiger partial charge in [-0.1, -0.05) is 42.5 Å². The normalized spacial score (nSPS) is 16.6. The van der Waals surface area contributed by atoms with Crippen LogP contribution in [0.25, 0.3) is 0 Å². The first-order valence-corrected chi connectivity index (χ1v) is 11.3. The van der Waals surface area contributed by atoms with E-state index in [1.165, 1.54) is 11.1 Å². The van der Waals surface area contributed by atoms with Crippen molar-refractivity contribution in [1.29, 1.82) is 0 Å². The SMILES string of the molecule is CCNC(=O)c1ccc(N=C2C(=O)N(CN3CCc4ccccc4C3)c3ccccc32)cc1. The van der Waals surface area contributed by atoms with Gasteiger partial charge < -0.3 is 5.32 Å². The highest BCUT2D eigenvalue weighted by Crippen LogP contribution is 2.32. The van der Waals surface area contributed by atoms with Crippen LogP contribution in [0.15, 0.2) is 77.8 Å². The summed E-state index contributed by atoms with van der Waals surface area (Å²) in [4.78, 5) is 34.3. The monoisotopic (exact) mass is 438 g/mol. The molecule has 0 atom stereocenters. The van der Waals surface area contributed by atoms with Crippen molar-refractivity contribution in [2.45, 2.75) is 19.9 Å². The Morgan fingerprint density at radius 2 is 1.70 bits per heavy atom. The zero-order valence-corrected chi connectivity index (χ0v) is 18.6. The molecule has 6 heteroatoms. The largest absolute Gasteiger partial charge is 0.352 e. The third-order valence-corrected chi connectivity index (χ3v) is 6.16. The first kappa shape index (κ1) is 21.1. The summed E-state index contributed by atoms with van der Waals surface area (Å²) in [6.07, 6.45) is 0.985. The van der Waals surface area contributed by atoms with Crippen LogP contribution in [0.3, 0.4) is 0 Å². The molecule has 0 radical (unpaired) electrons. The number of fused-ring (bicyclic) bond motifs is 2. The standard InChI is InChI=1S/C27H26N4O2/c1-2-28-26(32)20-11-13-22(14-12-20)29-25-23-9-5-6-10-24(23)31(27(25)33)18-30-16-15-19-7-3-4-8-21(19)17-30/h3-14H,2,15-18H2,1H3,(H,28,32). The number of hydrogen-bond acceptors (Lipinski definition) is 4. The van der Waals surface area contributed by atoms with E-state index in [1.54, 1.807) is 24.3 Å². The Morgan fingerprint density at radius 3 is 2.48 bits per heavy atom. The van der Waals surface area contributed by atoms with Crippen LogP contribution in [0.1, 0.15) is 34.0 Å². The molecule has 33 heavy (non-hydrogen) atoms. The third-order valence-electron chi connectivity index (χ3n) is 6.16. The second kappa shape index (κ2) is 9.00. The number of carbonyl (C=O) groups is 2. The number of aliphatic imine (C=N–C) groups is 1. The molecule has 0 aromatic heterocycles. The second-order valence-electron chi connectivity index (χ2n) is 8.33. The molecule has 2 aliphatic heterocycles. The summed E-state index contributed by atoms with van der Waals surface area (Å²) in [6.45, 7) is 4.73. The molecule has 166 valence electrons. The minimum absolute atomic E-state index is 0.0946. The highest BCUT2D eigenvalue weighted by Gasteiger charge is 2.35. The Labute approximate surface area is 193 Å². The van der Waals surface area contributed by atoms with Crippen LogP contribution in [0.4, 0.5) is 11.4 Å². The van der Waals surface area contributed by atoms with Crippen molar-refractivity contribution in [1.82, 2.24) is 10.2 Å². The van der Waals surface area contributed by atoms with Crippen molar-refractivity contribution in [2.75, 3.05) is 24.7 Å². The number of nitrogens with one attached hydrogen (secondary N) is 1. The summed E-state index contributed by atoms with van der Waals surface area (Å²) >= 11 is 0. The molecule has 0 saturated heterocycles. The van der Waals surface area contributed by atoms with Gasteiger partial charge in [-0.25, -0.2) is 4.99 Å². The number of para-hydroxylation sites is 1. The zero-order chi connectivity index (χ0) is 22.8. The van der Waals surface area contributed by atoms with E-state index in [0.29, 0.717) is 30.2 Å². The van der Waals surface area contributed by atoms with E-state index in [-0.39, 0.29) is 11.8 Å². The van der Waals surface area contributed by atoms with E-state index < -0.39 is 0 Å². The van der Waals surface area contributed by atoms with Crippen molar-refractivity contribution in [2.24, 2.45) is 4.99 Å². The van der Waals surface area contributed by atoms with Crippen LogP contribution in [0, 0.1) is 0 Å². The zero-order valence-electron chi connectivity index (χ0n) is 18.6. The Balaban J connectivity index is 1.39. The van der Waals surface area contributed by atoms with E-state index >= 15 is 0 Å². The summed E-state index contributed by atoms with van der Waals surface area (Å²) in [5.41, 5.74) is 6.10. The lowest BCUT2D eigenvalue weighted by atomic mass is 10.0. The molecule has 3 aromatic carbocycles. The molecular weight excluding hydrogens is 412 g/mol. The minimum Gasteiger partial charge on any atom is -0.352 e. The van der Waals surface area contributed by atoms with Crippen LogP contribution >= 0.6 is 0 Å². The number of hydrogen-bond donors (Lipinski definition) is 1. The number of anilines is 1. The molecule has 2 heterocycles. The van der Waals surface area contributed by atoms with Gasteiger partial charge >= 0.3 is 0 Å². The fourth-order valence-electron chi connectivity index (χ4n) is 4.46. The van der Waals surface area contributed by atoms with Crippen molar-refractivity contribution in [3.8, 4) is 0 Å². The highest BCUT2D eigenvalue weighted by molar-refractivity contribution is 6.54. The quantitative estimate of drug-likeness (QED) is 0.657. The lowest BCUT2D eigenvalue weighted by molar-refractivity contribution is -0.112. The molecule has 2 amide bonds. The maximum absolute atomic E-state index is 13.5. The Bertz CT molecular complexity index is 1230. The molecule has 6 nitrogen and oxygen atoms in total. The number of carbonyl (C=O) groups excluding carboxylic acids is 2. The number of amides is 2. The Hall–Kier alpha value is -3.77. The number of benzene rings is 3. The smallest absolute Gasteiger partial charge is 0.278 e. The van der Waals surface area contributed by atoms with Gasteiger partial charge in [-0.05, 0) is 54.8 Å². The van der Waals surface area contributed by atoms with E-state index in [9.17, 15) is 9.59 Å². The molecule has 0 unspecified atom stereocenters. The summed E-state index contributed by atoms with van der Waals surface area (Å²) in [7, 11) is 0. The van der Waals surface area contributed by atoms with E-state index in [2.05, 4.69) is 39.5 Å². The Kier molecular flexibility index (Phi) is 5.75. The first-order chi connectivity index (χ1) is 16.1. The van der Waals surface area contributed by atoms with Crippen LogP contribution in [-0.2, 0) is 17.8 Å². The van der Waals surface area contributed by atoms with Gasteiger partial charge in [0.25, 0.3) is 11.8 Å². The second-order valence-corrected chi connectivity index (χ2v) is 8.33. The van der Waals surface area contributed by atoms with Crippen LogP contribution in [0.2, 0.25) is 0 Å². The molecule has 5 rings (SSSR count). The van der Waals surface area contributed by atoms with Gasteiger partial charge in [0.2, 0.25) is 0 Å². The topological polar surface area (TPSA) is 65.0 Å². The van der Waals surface area contributed by atoms with Crippen LogP contribution in [0.5, 0.6) is 0 Å². The maximum Gasteiger partial charge on any atom is 0.278 e. The molecule has 0 spiro atoms. The van der Waals surface area contributed by atoms with E-state index in [4.69, 9.17) is 0 Å². The molecule has 0 aliphatic carbocycles. The average molecular weight is 439 g/mol. The van der Waals surface area contributed by atoms with Gasteiger partial charge in [-0.3, -0.25) is 19.4 Å². The van der Waals surface area contributed by atoms with Gasteiger partial charge in [0.15, 0.2) is 0 Å². The molecule has 2 aliphatic rings. The number of nitrogens with zero attached hydrogens (tertiary/aromatic N) is 3. The van der Waals surface area contributed by atoms with Gasteiger partial charge in [0.1, 0.15) is 5.71 Å². The predicted molar refractivity (Wildman–Crippen MR) is 130 cm³/mol. The molecule has 0 fully saturated rings. The lowest BCUT2D eigenvalue weighted by Gasteiger charge is -2.32. The average Bonchev–Trinajstić information content (AvgIpc) is 3.10.